The lowest BCUT2D eigenvalue weighted by molar-refractivity contribution is 0.461. The van der Waals surface area contributed by atoms with E-state index in [9.17, 15) is 0 Å². The van der Waals surface area contributed by atoms with Gasteiger partial charge in [0.15, 0.2) is 5.82 Å². The number of rotatable bonds is 8. The Morgan fingerprint density at radius 1 is 1.06 bits per heavy atom. The van der Waals surface area contributed by atoms with Crippen LogP contribution in [0.5, 0.6) is 0 Å². The molecule has 1 unspecified atom stereocenters. The number of aromatic nitrogens is 4. The van der Waals surface area contributed by atoms with Crippen LogP contribution < -0.4 is 15.3 Å². The molecule has 36 heavy (non-hydrogen) atoms. The Kier molecular flexibility index (Phi) is 8.20. The van der Waals surface area contributed by atoms with Crippen LogP contribution in [0.2, 0.25) is 5.02 Å². The van der Waals surface area contributed by atoms with Gasteiger partial charge in [-0.1, -0.05) is 56.0 Å². The van der Waals surface area contributed by atoms with Crippen molar-refractivity contribution in [3.63, 3.8) is 0 Å². The van der Waals surface area contributed by atoms with E-state index in [1.165, 1.54) is 37.7 Å². The summed E-state index contributed by atoms with van der Waals surface area (Å²) in [5.74, 6) is 1.46. The molecule has 1 aliphatic rings. The molecular weight excluding hydrogens is 507 g/mol. The zero-order chi connectivity index (χ0) is 24.9. The average molecular weight is 537 g/mol. The van der Waals surface area contributed by atoms with Crippen LogP contribution in [0.15, 0.2) is 54.7 Å². The molecule has 2 aromatic heterocycles. The predicted octanol–water partition coefficient (Wildman–Crippen LogP) is 7.46. The summed E-state index contributed by atoms with van der Waals surface area (Å²) in [6, 6.07) is 16.7. The largest absolute Gasteiger partial charge is 0.351 e. The summed E-state index contributed by atoms with van der Waals surface area (Å²) in [6.45, 7) is 4.34. The summed E-state index contributed by atoms with van der Waals surface area (Å²) < 4.78 is 3.33. The third-order valence-corrected chi connectivity index (χ3v) is 10.3. The van der Waals surface area contributed by atoms with Gasteiger partial charge in [0, 0.05) is 40.6 Å². The molecule has 0 amide bonds. The quantitative estimate of drug-likeness (QED) is 0.179. The van der Waals surface area contributed by atoms with Gasteiger partial charge < -0.3 is 10.0 Å². The minimum Gasteiger partial charge on any atom is -0.351 e. The molecule has 0 radical (unpaired) electrons. The minimum atomic E-state index is -0.520. The molecule has 4 aromatic rings. The highest BCUT2D eigenvalue weighted by molar-refractivity contribution is 8.58. The maximum absolute atomic E-state index is 6.34. The van der Waals surface area contributed by atoms with Gasteiger partial charge in [-0.25, -0.2) is 9.97 Å². The monoisotopic (exact) mass is 536 g/mol. The Bertz CT molecular complexity index is 1330. The Morgan fingerprint density at radius 2 is 1.89 bits per heavy atom. The first kappa shape index (κ1) is 25.2. The highest BCUT2D eigenvalue weighted by Crippen LogP contribution is 2.46. The molecule has 6 nitrogen and oxygen atoms in total. The summed E-state index contributed by atoms with van der Waals surface area (Å²) in [7, 11) is -0.520. The molecule has 1 atom stereocenters. The van der Waals surface area contributed by atoms with Gasteiger partial charge in [0.1, 0.15) is 0 Å². The number of hydrogen-bond donors (Lipinski definition) is 2. The number of fused-ring (bicyclic) bond motifs is 1. The summed E-state index contributed by atoms with van der Waals surface area (Å²) in [6.07, 6.45) is 9.10. The molecule has 1 saturated carbocycles. The summed E-state index contributed by atoms with van der Waals surface area (Å²) >= 11 is 7.97. The van der Waals surface area contributed by atoms with Crippen molar-refractivity contribution >= 4 is 58.3 Å². The number of hydrogen-bond acceptors (Lipinski definition) is 7. The van der Waals surface area contributed by atoms with Crippen LogP contribution in [-0.2, 0) is 6.42 Å². The zero-order valence-corrected chi connectivity index (χ0v) is 23.0. The zero-order valence-electron chi connectivity index (χ0n) is 20.5. The van der Waals surface area contributed by atoms with Crippen LogP contribution in [0.1, 0.15) is 44.6 Å². The van der Waals surface area contributed by atoms with Crippen LogP contribution in [0, 0.1) is 0 Å². The van der Waals surface area contributed by atoms with Gasteiger partial charge in [-0.2, -0.15) is 0 Å². The molecule has 0 bridgehead atoms. The minimum absolute atomic E-state index is 0.482. The standard InChI is InChI=1S/C27H30ClN6PS/c1-3-18-15-19(16-20-17-29-27(31-26(18)20)30-21-9-5-4-6-10-21)23-13-14-25(33-32-23)34-36-35(2)24-12-8-7-11-22(24)28/h7-8,11-17,21H,3-6,9-10H2,1-2H3,(H,33,34)(H,29,30,31). The van der Waals surface area contributed by atoms with Crippen molar-refractivity contribution in [2.75, 3.05) is 16.7 Å². The lowest BCUT2D eigenvalue weighted by Crippen LogP contribution is -2.23. The van der Waals surface area contributed by atoms with E-state index in [1.807, 2.05) is 36.5 Å². The molecule has 1 fully saturated rings. The van der Waals surface area contributed by atoms with E-state index in [0.717, 1.165) is 50.7 Å². The molecule has 0 saturated heterocycles. The highest BCUT2D eigenvalue weighted by atomic mass is 35.5. The predicted molar refractivity (Wildman–Crippen MR) is 156 cm³/mol. The second-order valence-electron chi connectivity index (χ2n) is 9.05. The van der Waals surface area contributed by atoms with Crippen molar-refractivity contribution in [1.82, 2.24) is 20.2 Å². The first-order valence-electron chi connectivity index (χ1n) is 12.4. The van der Waals surface area contributed by atoms with Crippen LogP contribution >= 0.6 is 30.3 Å². The molecule has 186 valence electrons. The van der Waals surface area contributed by atoms with E-state index in [-0.39, 0.29) is 0 Å². The number of benzene rings is 2. The smallest absolute Gasteiger partial charge is 0.223 e. The maximum atomic E-state index is 6.34. The van der Waals surface area contributed by atoms with Crippen molar-refractivity contribution < 1.29 is 0 Å². The van der Waals surface area contributed by atoms with Gasteiger partial charge >= 0.3 is 0 Å². The van der Waals surface area contributed by atoms with E-state index in [2.05, 4.69) is 57.0 Å². The average Bonchev–Trinajstić information content (AvgIpc) is 2.92. The Hall–Kier alpha value is -2.47. The SMILES string of the molecule is CCc1cc(-c2ccc(NSP(C)c3ccccc3Cl)nn2)cc2cnc(NC3CCCCC3)nc12. The van der Waals surface area contributed by atoms with Gasteiger partial charge in [0.05, 0.1) is 11.2 Å². The molecule has 1 aliphatic carbocycles. The van der Waals surface area contributed by atoms with Crippen LogP contribution in [0.25, 0.3) is 22.2 Å². The topological polar surface area (TPSA) is 75.6 Å². The lowest BCUT2D eigenvalue weighted by Gasteiger charge is -2.22. The molecule has 2 aromatic carbocycles. The number of anilines is 2. The number of halogens is 1. The van der Waals surface area contributed by atoms with Gasteiger partial charge in [-0.05, 0) is 73.4 Å². The number of nitrogens with one attached hydrogen (secondary N) is 2. The van der Waals surface area contributed by atoms with E-state index in [1.54, 1.807) is 11.6 Å². The molecule has 5 rings (SSSR count). The maximum Gasteiger partial charge on any atom is 0.223 e. The molecule has 2 N–H and O–H groups in total. The van der Waals surface area contributed by atoms with E-state index in [0.29, 0.717) is 6.04 Å². The highest BCUT2D eigenvalue weighted by Gasteiger charge is 2.16. The Morgan fingerprint density at radius 3 is 2.64 bits per heavy atom. The summed E-state index contributed by atoms with van der Waals surface area (Å²) in [5.41, 5.74) is 4.05. The van der Waals surface area contributed by atoms with E-state index in [4.69, 9.17) is 16.6 Å². The Labute approximate surface area is 222 Å². The normalized spacial score (nSPS) is 15.1. The molecule has 2 heterocycles. The fourth-order valence-electron chi connectivity index (χ4n) is 4.55. The summed E-state index contributed by atoms with van der Waals surface area (Å²) in [5, 5.41) is 15.4. The van der Waals surface area contributed by atoms with E-state index < -0.39 is 7.12 Å². The van der Waals surface area contributed by atoms with Crippen molar-refractivity contribution in [3.05, 3.63) is 65.3 Å². The Balaban J connectivity index is 1.30. The number of nitrogens with zero attached hydrogens (tertiary/aromatic N) is 4. The van der Waals surface area contributed by atoms with E-state index >= 15 is 0 Å². The first-order chi connectivity index (χ1) is 17.6. The second kappa shape index (κ2) is 11.7. The fraction of sp³-hybridized carbons (Fsp3) is 0.333. The van der Waals surface area contributed by atoms with Crippen molar-refractivity contribution in [3.8, 4) is 11.3 Å². The van der Waals surface area contributed by atoms with Gasteiger partial charge in [0.25, 0.3) is 0 Å². The first-order valence-corrected chi connectivity index (χ1v) is 16.0. The molecule has 0 aliphatic heterocycles. The van der Waals surface area contributed by atoms with Crippen LogP contribution in [0.4, 0.5) is 11.8 Å². The van der Waals surface area contributed by atoms with Crippen molar-refractivity contribution in [1.29, 1.82) is 0 Å². The molecule has 0 spiro atoms. The van der Waals surface area contributed by atoms with Gasteiger partial charge in [0.2, 0.25) is 5.95 Å². The van der Waals surface area contributed by atoms with Crippen LogP contribution in [-0.4, -0.2) is 32.9 Å². The molecule has 9 heteroatoms. The third-order valence-electron chi connectivity index (χ3n) is 6.52. The van der Waals surface area contributed by atoms with Crippen molar-refractivity contribution in [2.45, 2.75) is 51.5 Å². The van der Waals surface area contributed by atoms with Gasteiger partial charge in [-0.3, -0.25) is 0 Å². The fourth-order valence-corrected chi connectivity index (χ4v) is 7.79. The lowest BCUT2D eigenvalue weighted by atomic mass is 9.96. The number of aryl methyl sites for hydroxylation is 1. The third kappa shape index (κ3) is 5.91. The van der Waals surface area contributed by atoms with Gasteiger partial charge in [-0.15, -0.1) is 10.2 Å². The van der Waals surface area contributed by atoms with Crippen molar-refractivity contribution in [2.24, 2.45) is 0 Å². The second-order valence-corrected chi connectivity index (χ2v) is 13.5. The molecular formula is C27H30ClN6PS. The van der Waals surface area contributed by atoms with Crippen LogP contribution in [0.3, 0.4) is 0 Å². The summed E-state index contributed by atoms with van der Waals surface area (Å²) in [4.78, 5) is 9.50.